The zero-order valence-electron chi connectivity index (χ0n) is 11.4. The summed E-state index contributed by atoms with van der Waals surface area (Å²) in [6, 6.07) is 0. The third-order valence-corrected chi connectivity index (χ3v) is 3.48. The second kappa shape index (κ2) is 6.62. The zero-order chi connectivity index (χ0) is 13.6. The van der Waals surface area contributed by atoms with E-state index in [0.29, 0.717) is 11.8 Å². The molecule has 2 aromatic heterocycles. The van der Waals surface area contributed by atoms with Crippen molar-refractivity contribution >= 4 is 17.0 Å². The van der Waals surface area contributed by atoms with E-state index in [1.54, 1.807) is 6.33 Å². The fraction of sp³-hybridized carbons (Fsp3) is 0.615. The first-order valence-corrected chi connectivity index (χ1v) is 7.14. The molecule has 7 heteroatoms. The van der Waals surface area contributed by atoms with E-state index < -0.39 is 0 Å². The minimum absolute atomic E-state index is 0.426. The van der Waals surface area contributed by atoms with E-state index in [1.807, 2.05) is 0 Å². The van der Waals surface area contributed by atoms with Crippen LogP contribution in [0.25, 0.3) is 11.2 Å². The number of rotatable bonds is 6. The Balaban J connectivity index is 1.40. The van der Waals surface area contributed by atoms with Crippen LogP contribution in [0.1, 0.15) is 19.3 Å². The van der Waals surface area contributed by atoms with Gasteiger partial charge in [0.1, 0.15) is 11.8 Å². The van der Waals surface area contributed by atoms with Gasteiger partial charge in [-0.1, -0.05) is 0 Å². The molecule has 7 nitrogen and oxygen atoms in total. The van der Waals surface area contributed by atoms with E-state index in [0.717, 1.165) is 56.8 Å². The van der Waals surface area contributed by atoms with Crippen LogP contribution >= 0.6 is 0 Å². The number of ether oxygens (including phenoxy) is 1. The van der Waals surface area contributed by atoms with E-state index in [2.05, 4.69) is 30.6 Å². The van der Waals surface area contributed by atoms with Crippen molar-refractivity contribution in [3.8, 4) is 0 Å². The molecule has 0 atom stereocenters. The Morgan fingerprint density at radius 2 is 2.15 bits per heavy atom. The van der Waals surface area contributed by atoms with Gasteiger partial charge in [-0.3, -0.25) is 0 Å². The molecule has 3 heterocycles. The third-order valence-electron chi connectivity index (χ3n) is 3.48. The molecule has 1 saturated heterocycles. The molecule has 1 aliphatic heterocycles. The van der Waals surface area contributed by atoms with Crippen molar-refractivity contribution in [1.82, 2.24) is 25.3 Å². The number of hydrogen-bond donors (Lipinski definition) is 3. The first-order valence-electron chi connectivity index (χ1n) is 7.14. The number of H-pyrrole nitrogens is 1. The van der Waals surface area contributed by atoms with Gasteiger partial charge in [0.2, 0.25) is 0 Å². The summed E-state index contributed by atoms with van der Waals surface area (Å²) in [6.45, 7) is 3.76. The number of aromatic amines is 1. The second-order valence-electron chi connectivity index (χ2n) is 4.92. The third kappa shape index (κ3) is 3.23. The smallest absolute Gasteiger partial charge is 0.182 e. The van der Waals surface area contributed by atoms with Crippen LogP contribution in [-0.2, 0) is 4.74 Å². The van der Waals surface area contributed by atoms with Gasteiger partial charge in [0, 0.05) is 13.2 Å². The Hall–Kier alpha value is -1.73. The maximum absolute atomic E-state index is 5.86. The van der Waals surface area contributed by atoms with Gasteiger partial charge in [0.25, 0.3) is 0 Å². The lowest BCUT2D eigenvalue weighted by molar-refractivity contribution is 0.0329. The molecule has 2 aromatic rings. The summed E-state index contributed by atoms with van der Waals surface area (Å²) in [6.07, 6.45) is 6.78. The highest BCUT2D eigenvalue weighted by Gasteiger charge is 2.12. The molecule has 0 radical (unpaired) electrons. The van der Waals surface area contributed by atoms with Gasteiger partial charge in [-0.05, 0) is 32.4 Å². The van der Waals surface area contributed by atoms with Gasteiger partial charge in [0.15, 0.2) is 11.5 Å². The fourth-order valence-electron chi connectivity index (χ4n) is 2.39. The van der Waals surface area contributed by atoms with Gasteiger partial charge < -0.3 is 20.4 Å². The van der Waals surface area contributed by atoms with E-state index in [4.69, 9.17) is 4.74 Å². The SMILES string of the molecule is c1nc(NCCCOC2CCNCC2)c2[nH]cnc2n1. The van der Waals surface area contributed by atoms with Gasteiger partial charge in [-0.25, -0.2) is 15.0 Å². The lowest BCUT2D eigenvalue weighted by Gasteiger charge is -2.22. The van der Waals surface area contributed by atoms with Crippen LogP contribution in [0.3, 0.4) is 0 Å². The second-order valence-corrected chi connectivity index (χ2v) is 4.92. The normalized spacial score (nSPS) is 16.6. The van der Waals surface area contributed by atoms with Crippen LogP contribution in [0, 0.1) is 0 Å². The average Bonchev–Trinajstić information content (AvgIpc) is 2.97. The van der Waals surface area contributed by atoms with Crippen molar-refractivity contribution in [3.63, 3.8) is 0 Å². The highest BCUT2D eigenvalue weighted by molar-refractivity contribution is 5.81. The average molecular weight is 276 g/mol. The van der Waals surface area contributed by atoms with Gasteiger partial charge in [-0.15, -0.1) is 0 Å². The standard InChI is InChI=1S/C13H20N6O/c1(7-20-10-2-5-14-6-3-10)4-15-12-11-13(17-8-16-11)19-9-18-12/h8-10,14H,1-7H2,(H2,15,16,17,18,19). The van der Waals surface area contributed by atoms with E-state index in [1.165, 1.54) is 6.33 Å². The van der Waals surface area contributed by atoms with Crippen molar-refractivity contribution in [2.75, 3.05) is 31.6 Å². The molecule has 0 amide bonds. The van der Waals surface area contributed by atoms with Crippen molar-refractivity contribution in [2.24, 2.45) is 0 Å². The van der Waals surface area contributed by atoms with Gasteiger partial charge in [0.05, 0.1) is 12.4 Å². The van der Waals surface area contributed by atoms with Crippen LogP contribution < -0.4 is 10.6 Å². The lowest BCUT2D eigenvalue weighted by atomic mass is 10.1. The highest BCUT2D eigenvalue weighted by Crippen LogP contribution is 2.14. The number of imidazole rings is 1. The number of piperidine rings is 1. The summed E-state index contributed by atoms with van der Waals surface area (Å²) < 4.78 is 5.86. The summed E-state index contributed by atoms with van der Waals surface area (Å²) in [5, 5.41) is 6.63. The molecule has 0 saturated carbocycles. The minimum atomic E-state index is 0.426. The molecule has 0 aromatic carbocycles. The first kappa shape index (κ1) is 13.3. The number of nitrogens with one attached hydrogen (secondary N) is 3. The Morgan fingerprint density at radius 1 is 1.25 bits per heavy atom. The number of fused-ring (bicyclic) bond motifs is 1. The van der Waals surface area contributed by atoms with Crippen LogP contribution in [0.2, 0.25) is 0 Å². The Kier molecular flexibility index (Phi) is 4.39. The Bertz CT molecular complexity index is 536. The Morgan fingerprint density at radius 3 is 3.05 bits per heavy atom. The summed E-state index contributed by atoms with van der Waals surface area (Å²) in [7, 11) is 0. The molecule has 1 aliphatic rings. The number of aromatic nitrogens is 4. The molecule has 0 aliphatic carbocycles. The van der Waals surface area contributed by atoms with Crippen molar-refractivity contribution in [1.29, 1.82) is 0 Å². The van der Waals surface area contributed by atoms with E-state index >= 15 is 0 Å². The van der Waals surface area contributed by atoms with Crippen molar-refractivity contribution in [3.05, 3.63) is 12.7 Å². The molecule has 1 fully saturated rings. The quantitative estimate of drug-likeness (QED) is 0.680. The minimum Gasteiger partial charge on any atom is -0.378 e. The first-order chi connectivity index (χ1) is 9.93. The van der Waals surface area contributed by atoms with Crippen LogP contribution in [0.4, 0.5) is 5.82 Å². The molecule has 3 rings (SSSR count). The molecular weight excluding hydrogens is 256 g/mol. The fourth-order valence-corrected chi connectivity index (χ4v) is 2.39. The van der Waals surface area contributed by atoms with E-state index in [-0.39, 0.29) is 0 Å². The van der Waals surface area contributed by atoms with Crippen LogP contribution in [0.5, 0.6) is 0 Å². The number of hydrogen-bond acceptors (Lipinski definition) is 6. The van der Waals surface area contributed by atoms with Crippen molar-refractivity contribution < 1.29 is 4.74 Å². The molecule has 20 heavy (non-hydrogen) atoms. The monoisotopic (exact) mass is 276 g/mol. The number of anilines is 1. The summed E-state index contributed by atoms with van der Waals surface area (Å²) in [5.74, 6) is 0.800. The summed E-state index contributed by atoms with van der Waals surface area (Å²) in [4.78, 5) is 15.5. The molecule has 3 N–H and O–H groups in total. The van der Waals surface area contributed by atoms with Crippen LogP contribution in [0.15, 0.2) is 12.7 Å². The molecule has 0 bridgehead atoms. The molecule has 108 valence electrons. The lowest BCUT2D eigenvalue weighted by Crippen LogP contribution is -2.32. The summed E-state index contributed by atoms with van der Waals surface area (Å²) in [5.41, 5.74) is 1.54. The number of nitrogens with zero attached hydrogens (tertiary/aromatic N) is 3. The largest absolute Gasteiger partial charge is 0.378 e. The van der Waals surface area contributed by atoms with Gasteiger partial charge in [-0.2, -0.15) is 0 Å². The molecule has 0 unspecified atom stereocenters. The summed E-state index contributed by atoms with van der Waals surface area (Å²) >= 11 is 0. The predicted octanol–water partition coefficient (Wildman–Crippen LogP) is 0.923. The Labute approximate surface area is 117 Å². The topological polar surface area (TPSA) is 87.8 Å². The van der Waals surface area contributed by atoms with Gasteiger partial charge >= 0.3 is 0 Å². The zero-order valence-corrected chi connectivity index (χ0v) is 11.4. The maximum atomic E-state index is 5.86. The molecular formula is C13H20N6O. The molecule has 0 spiro atoms. The predicted molar refractivity (Wildman–Crippen MR) is 76.6 cm³/mol. The van der Waals surface area contributed by atoms with E-state index in [9.17, 15) is 0 Å². The maximum Gasteiger partial charge on any atom is 0.182 e. The van der Waals surface area contributed by atoms with Crippen molar-refractivity contribution in [2.45, 2.75) is 25.4 Å². The van der Waals surface area contributed by atoms with Crippen LogP contribution in [-0.4, -0.2) is 52.3 Å². The highest BCUT2D eigenvalue weighted by atomic mass is 16.5.